The van der Waals surface area contributed by atoms with Crippen LogP contribution in [0, 0.1) is 17.6 Å². The minimum absolute atomic E-state index is 0.00633. The van der Waals surface area contributed by atoms with Gasteiger partial charge in [-0.3, -0.25) is 9.59 Å². The number of aromatic amines is 1. The fourth-order valence-electron chi connectivity index (χ4n) is 2.49. The molecule has 0 fully saturated rings. The first-order chi connectivity index (χ1) is 12.8. The van der Waals surface area contributed by atoms with Crippen molar-refractivity contribution in [2.24, 2.45) is 5.92 Å². The number of rotatable bonds is 8. The third kappa shape index (κ3) is 5.60. The summed E-state index contributed by atoms with van der Waals surface area (Å²) in [5.41, 5.74) is -0.440. The number of halogens is 2. The van der Waals surface area contributed by atoms with E-state index in [-0.39, 0.29) is 17.9 Å². The van der Waals surface area contributed by atoms with E-state index in [0.29, 0.717) is 31.2 Å². The largest absolute Gasteiger partial charge is 0.492 e. The maximum atomic E-state index is 14.1. The zero-order chi connectivity index (χ0) is 20.0. The van der Waals surface area contributed by atoms with Crippen LogP contribution in [-0.4, -0.2) is 34.2 Å². The molecule has 0 unspecified atom stereocenters. The van der Waals surface area contributed by atoms with E-state index < -0.39 is 23.1 Å². The van der Waals surface area contributed by atoms with Crippen LogP contribution in [0.4, 0.5) is 8.78 Å². The van der Waals surface area contributed by atoms with Gasteiger partial charge in [-0.25, -0.2) is 13.9 Å². The maximum Gasteiger partial charge on any atom is 0.267 e. The number of hydrogen-bond acceptors (Lipinski definition) is 4. The molecule has 27 heavy (non-hydrogen) atoms. The van der Waals surface area contributed by atoms with Crippen LogP contribution in [0.3, 0.4) is 0 Å². The Kier molecular flexibility index (Phi) is 7.04. The van der Waals surface area contributed by atoms with Crippen LogP contribution in [0.15, 0.2) is 29.1 Å². The van der Waals surface area contributed by atoms with E-state index in [0.717, 1.165) is 18.2 Å². The smallest absolute Gasteiger partial charge is 0.267 e. The van der Waals surface area contributed by atoms with Gasteiger partial charge in [0.25, 0.3) is 11.5 Å². The van der Waals surface area contributed by atoms with Crippen molar-refractivity contribution in [1.29, 1.82) is 0 Å². The highest BCUT2D eigenvalue weighted by molar-refractivity contribution is 5.94. The van der Waals surface area contributed by atoms with E-state index in [1.807, 2.05) is 13.8 Å². The summed E-state index contributed by atoms with van der Waals surface area (Å²) in [6.07, 6.45) is 0.663. The van der Waals surface area contributed by atoms with Gasteiger partial charge in [0, 0.05) is 12.6 Å². The van der Waals surface area contributed by atoms with Gasteiger partial charge in [-0.2, -0.15) is 5.10 Å². The number of hydrogen-bond donors (Lipinski definition) is 1. The van der Waals surface area contributed by atoms with Gasteiger partial charge >= 0.3 is 0 Å². The number of benzene rings is 1. The summed E-state index contributed by atoms with van der Waals surface area (Å²) in [5, 5.41) is 6.27. The number of nitrogens with zero attached hydrogens (tertiary/aromatic N) is 2. The van der Waals surface area contributed by atoms with Gasteiger partial charge in [0.2, 0.25) is 0 Å². The number of aromatic nitrogens is 2. The van der Waals surface area contributed by atoms with Crippen LogP contribution in [0.1, 0.15) is 43.2 Å². The van der Waals surface area contributed by atoms with Gasteiger partial charge in [-0.1, -0.05) is 13.8 Å². The summed E-state index contributed by atoms with van der Waals surface area (Å²) in [6, 6.07) is 4.01. The predicted octanol–water partition coefficient (Wildman–Crippen LogP) is 3.14. The lowest BCUT2D eigenvalue weighted by Gasteiger charge is -2.24. The van der Waals surface area contributed by atoms with Crippen LogP contribution in [0.5, 0.6) is 5.75 Å². The van der Waals surface area contributed by atoms with Gasteiger partial charge in [-0.15, -0.1) is 0 Å². The van der Waals surface area contributed by atoms with Crippen LogP contribution in [0.2, 0.25) is 0 Å². The van der Waals surface area contributed by atoms with Crippen molar-refractivity contribution < 1.29 is 18.3 Å². The average Bonchev–Trinajstić information content (AvgIpc) is 2.62. The Hall–Kier alpha value is -2.77. The molecule has 0 aliphatic carbocycles. The molecule has 1 amide bonds. The molecule has 2 aromatic rings. The van der Waals surface area contributed by atoms with Crippen molar-refractivity contribution in [1.82, 2.24) is 15.1 Å². The summed E-state index contributed by atoms with van der Waals surface area (Å²) < 4.78 is 33.0. The molecular weight excluding hydrogens is 356 g/mol. The first kappa shape index (κ1) is 20.5. The summed E-state index contributed by atoms with van der Waals surface area (Å²) >= 11 is 0. The molecule has 0 saturated carbocycles. The van der Waals surface area contributed by atoms with Crippen LogP contribution in [-0.2, 0) is 6.54 Å². The van der Waals surface area contributed by atoms with E-state index in [1.54, 1.807) is 6.92 Å². The van der Waals surface area contributed by atoms with Crippen molar-refractivity contribution in [3.63, 3.8) is 0 Å². The van der Waals surface area contributed by atoms with Crippen molar-refractivity contribution in [2.45, 2.75) is 33.7 Å². The molecule has 1 N–H and O–H groups in total. The van der Waals surface area contributed by atoms with Gasteiger partial charge in [0.05, 0.1) is 18.7 Å². The first-order valence-corrected chi connectivity index (χ1v) is 8.77. The molecule has 1 aromatic carbocycles. The van der Waals surface area contributed by atoms with Gasteiger partial charge in [-0.05, 0) is 37.5 Å². The monoisotopic (exact) mass is 379 g/mol. The number of carbonyl (C=O) groups is 1. The molecule has 1 aromatic heterocycles. The fourth-order valence-corrected chi connectivity index (χ4v) is 2.49. The topological polar surface area (TPSA) is 75.3 Å². The summed E-state index contributed by atoms with van der Waals surface area (Å²) in [7, 11) is 0. The Balaban J connectivity index is 2.36. The highest BCUT2D eigenvalue weighted by Crippen LogP contribution is 2.19. The Labute approximate surface area is 156 Å². The van der Waals surface area contributed by atoms with E-state index in [1.165, 1.54) is 11.0 Å². The number of H-pyrrole nitrogens is 1. The summed E-state index contributed by atoms with van der Waals surface area (Å²) in [6.45, 7) is 6.38. The SMILES string of the molecule is CCOc1cc(=O)[nH]nc1CN(CCC(C)C)C(=O)c1cc(F)ccc1F. The van der Waals surface area contributed by atoms with Crippen molar-refractivity contribution in [3.05, 3.63) is 57.5 Å². The van der Waals surface area contributed by atoms with E-state index in [2.05, 4.69) is 10.2 Å². The van der Waals surface area contributed by atoms with E-state index >= 15 is 0 Å². The third-order valence-corrected chi connectivity index (χ3v) is 3.91. The predicted molar refractivity (Wildman–Crippen MR) is 96.6 cm³/mol. The summed E-state index contributed by atoms with van der Waals surface area (Å²) in [4.78, 5) is 25.7. The van der Waals surface area contributed by atoms with Gasteiger partial charge < -0.3 is 9.64 Å². The molecule has 6 nitrogen and oxygen atoms in total. The van der Waals surface area contributed by atoms with E-state index in [9.17, 15) is 18.4 Å². The van der Waals surface area contributed by atoms with Gasteiger partial charge in [0.15, 0.2) is 0 Å². The van der Waals surface area contributed by atoms with Crippen LogP contribution < -0.4 is 10.3 Å². The molecule has 0 aliphatic rings. The summed E-state index contributed by atoms with van der Waals surface area (Å²) in [5.74, 6) is -1.59. The second kappa shape index (κ2) is 9.25. The molecule has 0 spiro atoms. The van der Waals surface area contributed by atoms with Gasteiger partial charge in [0.1, 0.15) is 23.1 Å². The average molecular weight is 379 g/mol. The zero-order valence-corrected chi connectivity index (χ0v) is 15.6. The number of nitrogens with one attached hydrogen (secondary N) is 1. The zero-order valence-electron chi connectivity index (χ0n) is 15.6. The van der Waals surface area contributed by atoms with Crippen LogP contribution >= 0.6 is 0 Å². The fraction of sp³-hybridized carbons (Fsp3) is 0.421. The Morgan fingerprint density at radius 1 is 1.30 bits per heavy atom. The number of amides is 1. The number of ether oxygens (including phenoxy) is 1. The third-order valence-electron chi connectivity index (χ3n) is 3.91. The van der Waals surface area contributed by atoms with Crippen molar-refractivity contribution in [3.8, 4) is 5.75 Å². The van der Waals surface area contributed by atoms with Crippen LogP contribution in [0.25, 0.3) is 0 Å². The minimum atomic E-state index is -0.796. The highest BCUT2D eigenvalue weighted by atomic mass is 19.1. The van der Waals surface area contributed by atoms with Crippen molar-refractivity contribution in [2.75, 3.05) is 13.2 Å². The molecule has 0 bridgehead atoms. The maximum absolute atomic E-state index is 14.1. The molecular formula is C19H23F2N3O3. The normalized spacial score (nSPS) is 10.9. The molecule has 0 saturated heterocycles. The molecule has 0 radical (unpaired) electrons. The highest BCUT2D eigenvalue weighted by Gasteiger charge is 2.22. The van der Waals surface area contributed by atoms with E-state index in [4.69, 9.17) is 4.74 Å². The Morgan fingerprint density at radius 3 is 2.70 bits per heavy atom. The Bertz CT molecular complexity index is 852. The standard InChI is InChI=1S/C19H23F2N3O3/c1-4-27-17-10-18(25)23-22-16(17)11-24(8-7-12(2)3)19(26)14-9-13(20)5-6-15(14)21/h5-6,9-10,12H,4,7-8,11H2,1-3H3,(H,23,25). The molecule has 2 rings (SSSR count). The quantitative estimate of drug-likeness (QED) is 0.765. The lowest BCUT2D eigenvalue weighted by Crippen LogP contribution is -2.33. The number of carbonyl (C=O) groups excluding carboxylic acids is 1. The lowest BCUT2D eigenvalue weighted by molar-refractivity contribution is 0.0726. The minimum Gasteiger partial charge on any atom is -0.492 e. The first-order valence-electron chi connectivity index (χ1n) is 8.77. The molecule has 1 heterocycles. The molecule has 0 atom stereocenters. The molecule has 146 valence electrons. The lowest BCUT2D eigenvalue weighted by atomic mass is 10.1. The Morgan fingerprint density at radius 2 is 2.04 bits per heavy atom. The second-order valence-electron chi connectivity index (χ2n) is 6.51. The molecule has 0 aliphatic heterocycles. The second-order valence-corrected chi connectivity index (χ2v) is 6.51. The molecule has 8 heteroatoms. The van der Waals surface area contributed by atoms with Crippen molar-refractivity contribution >= 4 is 5.91 Å².